The van der Waals surface area contributed by atoms with Crippen molar-refractivity contribution in [1.29, 1.82) is 0 Å². The van der Waals surface area contributed by atoms with Crippen molar-refractivity contribution in [2.24, 2.45) is 33.1 Å². The highest BCUT2D eigenvalue weighted by atomic mass is 19.1. The topological polar surface area (TPSA) is 258 Å². The van der Waals surface area contributed by atoms with Gasteiger partial charge in [-0.15, -0.1) is 0 Å². The van der Waals surface area contributed by atoms with Crippen LogP contribution in [0.15, 0.2) is 36.4 Å². The lowest BCUT2D eigenvalue weighted by molar-refractivity contribution is -0.145. The second-order valence-electron chi connectivity index (χ2n) is 18.5. The average Bonchev–Trinajstić information content (AvgIpc) is 3.16. The van der Waals surface area contributed by atoms with E-state index in [9.17, 15) is 57.9 Å². The van der Waals surface area contributed by atoms with Crippen molar-refractivity contribution in [3.63, 3.8) is 0 Å². The van der Waals surface area contributed by atoms with Gasteiger partial charge in [-0.05, 0) is 108 Å². The zero-order valence-electron chi connectivity index (χ0n) is 38.1. The molecule has 0 saturated heterocycles. The summed E-state index contributed by atoms with van der Waals surface area (Å²) in [4.78, 5) is 47.6. The number of benzene rings is 3. The number of hydrogen-bond acceptors (Lipinski definition) is 15. The normalized spacial score (nSPS) is 13.2. The van der Waals surface area contributed by atoms with Gasteiger partial charge in [0.1, 0.15) is 17.5 Å². The van der Waals surface area contributed by atoms with Crippen LogP contribution in [0.2, 0.25) is 0 Å². The lowest BCUT2D eigenvalue weighted by Gasteiger charge is -2.21. The van der Waals surface area contributed by atoms with E-state index in [4.69, 9.17) is 30.4 Å². The molecular formula is C45H63F3N2O13. The van der Waals surface area contributed by atoms with E-state index < -0.39 is 92.8 Å². The maximum Gasteiger partial charge on any atom is 0.316 e. The highest BCUT2D eigenvalue weighted by Gasteiger charge is 2.31. The van der Waals surface area contributed by atoms with E-state index in [0.717, 1.165) is 36.4 Å². The summed E-state index contributed by atoms with van der Waals surface area (Å²) in [6, 6.07) is 5.87. The Bertz CT molecular complexity index is 2080. The molecule has 3 aromatic carbocycles. The van der Waals surface area contributed by atoms with Crippen LogP contribution in [0.4, 0.5) is 13.2 Å². The first-order chi connectivity index (χ1) is 28.6. The Hall–Kier alpha value is -5.27. The first kappa shape index (κ1) is 55.7. The molecule has 352 valence electrons. The molecule has 0 radical (unpaired) electrons. The van der Waals surface area contributed by atoms with Gasteiger partial charge >= 0.3 is 23.9 Å². The van der Waals surface area contributed by atoms with Gasteiger partial charge in [0.05, 0.1) is 40.0 Å². The fraction of sp³-hybridized carbons (Fsp3) is 0.511. The minimum Gasteiger partial charge on any atom is -0.504 e. The smallest absolute Gasteiger partial charge is 0.316 e. The largest absolute Gasteiger partial charge is 0.504 e. The van der Waals surface area contributed by atoms with Gasteiger partial charge in [-0.25, -0.2) is 13.2 Å². The molecule has 0 saturated carbocycles. The third kappa shape index (κ3) is 16.7. The SMILES string of the molecule is CC(C)(C)C(=O)Oc1cc(F)c(C(O)CN)cc1O.CC(C)(C)C(=O)Oc1cc(F)c(C(O)CN)cc1OC(=O)C(C)(C)C.CCC(O)c1cc(OC(=O)C(C)(C)C)c(O)cc1F. The van der Waals surface area contributed by atoms with Crippen LogP contribution in [0.25, 0.3) is 0 Å². The van der Waals surface area contributed by atoms with Crippen LogP contribution in [0, 0.1) is 39.1 Å². The van der Waals surface area contributed by atoms with Gasteiger partial charge in [-0.2, -0.15) is 0 Å². The van der Waals surface area contributed by atoms with E-state index >= 15 is 0 Å². The predicted octanol–water partition coefficient (Wildman–Crippen LogP) is 7.12. The van der Waals surface area contributed by atoms with Crippen LogP contribution in [-0.2, 0) is 19.2 Å². The maximum absolute atomic E-state index is 14.2. The molecule has 0 aliphatic heterocycles. The van der Waals surface area contributed by atoms with Crippen molar-refractivity contribution in [2.75, 3.05) is 13.1 Å². The van der Waals surface area contributed by atoms with Gasteiger partial charge in [0.15, 0.2) is 34.5 Å². The Morgan fingerprint density at radius 1 is 0.476 bits per heavy atom. The number of nitrogens with two attached hydrogens (primary N) is 2. The molecule has 3 rings (SSSR count). The van der Waals surface area contributed by atoms with Crippen LogP contribution in [0.3, 0.4) is 0 Å². The molecule has 0 bridgehead atoms. The van der Waals surface area contributed by atoms with E-state index in [-0.39, 0.29) is 52.8 Å². The van der Waals surface area contributed by atoms with Gasteiger partial charge in [0, 0.05) is 48.0 Å². The summed E-state index contributed by atoms with van der Waals surface area (Å²) in [5.41, 5.74) is 7.10. The fourth-order valence-electron chi connectivity index (χ4n) is 4.24. The molecular weight excluding hydrogens is 833 g/mol. The van der Waals surface area contributed by atoms with E-state index in [1.54, 1.807) is 90.0 Å². The van der Waals surface area contributed by atoms with E-state index in [0.29, 0.717) is 6.42 Å². The number of halogens is 3. The Kier molecular flexibility index (Phi) is 19.8. The quantitative estimate of drug-likeness (QED) is 0.0789. The van der Waals surface area contributed by atoms with Gasteiger partial charge in [0.2, 0.25) is 0 Å². The molecule has 0 aliphatic rings. The van der Waals surface area contributed by atoms with E-state index in [1.807, 2.05) is 0 Å². The molecule has 3 unspecified atom stereocenters. The molecule has 15 nitrogen and oxygen atoms in total. The first-order valence-corrected chi connectivity index (χ1v) is 19.8. The second-order valence-corrected chi connectivity index (χ2v) is 18.5. The summed E-state index contributed by atoms with van der Waals surface area (Å²) in [7, 11) is 0. The van der Waals surface area contributed by atoms with Crippen LogP contribution in [-0.4, -0.2) is 62.5 Å². The molecule has 63 heavy (non-hydrogen) atoms. The van der Waals surface area contributed by atoms with Crippen molar-refractivity contribution < 1.29 is 76.8 Å². The summed E-state index contributed by atoms with van der Waals surface area (Å²) < 4.78 is 61.9. The second kappa shape index (κ2) is 22.4. The summed E-state index contributed by atoms with van der Waals surface area (Å²) in [5.74, 6) is -6.43. The molecule has 0 spiro atoms. The van der Waals surface area contributed by atoms with Gasteiger partial charge in [-0.1, -0.05) is 6.92 Å². The van der Waals surface area contributed by atoms with Gasteiger partial charge in [-0.3, -0.25) is 19.2 Å². The number of ether oxygens (including phenoxy) is 4. The Morgan fingerprint density at radius 2 is 0.730 bits per heavy atom. The first-order valence-electron chi connectivity index (χ1n) is 19.8. The number of esters is 4. The highest BCUT2D eigenvalue weighted by Crippen LogP contribution is 2.37. The van der Waals surface area contributed by atoms with E-state index in [2.05, 4.69) is 0 Å². The Morgan fingerprint density at radius 3 is 1.08 bits per heavy atom. The Labute approximate surface area is 366 Å². The number of aliphatic hydroxyl groups is 3. The summed E-state index contributed by atoms with van der Waals surface area (Å²) >= 11 is 0. The molecule has 9 N–H and O–H groups in total. The third-order valence-electron chi connectivity index (χ3n) is 8.39. The predicted molar refractivity (Wildman–Crippen MR) is 226 cm³/mol. The van der Waals surface area contributed by atoms with Crippen molar-refractivity contribution in [3.05, 3.63) is 70.5 Å². The van der Waals surface area contributed by atoms with Crippen LogP contribution < -0.4 is 30.4 Å². The number of aromatic hydroxyl groups is 2. The zero-order valence-corrected chi connectivity index (χ0v) is 38.1. The number of phenols is 2. The highest BCUT2D eigenvalue weighted by molar-refractivity contribution is 5.81. The van der Waals surface area contributed by atoms with Crippen molar-refractivity contribution in [1.82, 2.24) is 0 Å². The van der Waals surface area contributed by atoms with Crippen molar-refractivity contribution in [2.45, 2.75) is 115 Å². The summed E-state index contributed by atoms with van der Waals surface area (Å²) in [6.07, 6.45) is -3.20. The number of carbonyl (C=O) groups excluding carboxylic acids is 4. The lowest BCUT2D eigenvalue weighted by atomic mass is 9.97. The van der Waals surface area contributed by atoms with Crippen LogP contribution in [0.1, 0.15) is 131 Å². The van der Waals surface area contributed by atoms with Crippen molar-refractivity contribution in [3.8, 4) is 34.5 Å². The minimum atomic E-state index is -1.28. The molecule has 0 fully saturated rings. The Balaban J connectivity index is 0.000000479. The summed E-state index contributed by atoms with van der Waals surface area (Å²) in [6.45, 7) is 21.0. The van der Waals surface area contributed by atoms with Gasteiger partial charge < -0.3 is 55.9 Å². The average molecular weight is 897 g/mol. The molecule has 3 atom stereocenters. The number of rotatable bonds is 10. The monoisotopic (exact) mass is 896 g/mol. The van der Waals surface area contributed by atoms with Crippen molar-refractivity contribution >= 4 is 23.9 Å². The standard InChI is InChI=1S/C18H26FNO5.C14H19FO4.C13H18FNO4/c1-17(2,3)15(22)24-13-7-10(12(21)9-20)11(19)8-14(13)25-16(23)18(4,5)6;1-5-10(16)8-6-12(11(17)7-9(8)15)19-13(18)14(2,3)4;1-13(2,3)12(18)19-11-5-8(14)7(4-9(11)16)10(17)6-15/h7-8,12,21H,9,20H2,1-6H3;6-7,10,16-17H,5H2,1-4H3;4-5,10,16-17H,6,15H2,1-3H3. The molecule has 0 heterocycles. The molecule has 0 aromatic heterocycles. The van der Waals surface area contributed by atoms with E-state index in [1.165, 1.54) is 0 Å². The minimum absolute atomic E-state index is 0.00277. The zero-order chi connectivity index (χ0) is 49.2. The summed E-state index contributed by atoms with van der Waals surface area (Å²) in [5, 5.41) is 48.2. The molecule has 18 heteroatoms. The molecule has 0 aliphatic carbocycles. The number of hydrogen-bond donors (Lipinski definition) is 7. The molecule has 0 amide bonds. The maximum atomic E-state index is 14.2. The molecule has 3 aromatic rings. The number of phenolic OH excluding ortho intramolecular Hbond substituents is 2. The third-order valence-corrected chi connectivity index (χ3v) is 8.39. The lowest BCUT2D eigenvalue weighted by Crippen LogP contribution is -2.28. The van der Waals surface area contributed by atoms with Crippen LogP contribution in [0.5, 0.6) is 34.5 Å². The van der Waals surface area contributed by atoms with Crippen LogP contribution >= 0.6 is 0 Å². The number of aliphatic hydroxyl groups excluding tert-OH is 3. The fourth-order valence-corrected chi connectivity index (χ4v) is 4.24. The number of carbonyl (C=O) groups is 4. The van der Waals surface area contributed by atoms with Gasteiger partial charge in [0.25, 0.3) is 0 Å².